The van der Waals surface area contributed by atoms with Gasteiger partial charge in [0.2, 0.25) is 15.9 Å². The lowest BCUT2D eigenvalue weighted by Gasteiger charge is -2.15. The molecule has 1 amide bonds. The van der Waals surface area contributed by atoms with Gasteiger partial charge >= 0.3 is 0 Å². The number of rotatable bonds is 7. The zero-order chi connectivity index (χ0) is 20.2. The van der Waals surface area contributed by atoms with Crippen LogP contribution in [0.25, 0.3) is 0 Å². The number of nitrogens with one attached hydrogen (secondary N) is 1. The molecule has 0 aromatic heterocycles. The van der Waals surface area contributed by atoms with Gasteiger partial charge in [0.15, 0.2) is 9.84 Å². The molecule has 1 N–H and O–H groups in total. The Balaban J connectivity index is 1.59. The molecule has 28 heavy (non-hydrogen) atoms. The van der Waals surface area contributed by atoms with E-state index >= 15 is 0 Å². The molecule has 0 bridgehead atoms. The second-order valence-corrected chi connectivity index (χ2v) is 10.6. The van der Waals surface area contributed by atoms with Gasteiger partial charge in [-0.05, 0) is 49.2 Å². The van der Waals surface area contributed by atoms with Crippen molar-refractivity contribution in [3.8, 4) is 0 Å². The Morgan fingerprint density at radius 1 is 0.857 bits per heavy atom. The van der Waals surface area contributed by atoms with E-state index < -0.39 is 25.8 Å². The van der Waals surface area contributed by atoms with E-state index in [0.29, 0.717) is 18.8 Å². The molecule has 0 aliphatic carbocycles. The summed E-state index contributed by atoms with van der Waals surface area (Å²) < 4.78 is 50.9. The fourth-order valence-electron chi connectivity index (χ4n) is 2.98. The summed E-state index contributed by atoms with van der Waals surface area (Å²) in [5.41, 5.74) is 0.419. The molecule has 0 saturated carbocycles. The molecule has 1 aliphatic heterocycles. The van der Waals surface area contributed by atoms with Gasteiger partial charge in [-0.3, -0.25) is 4.79 Å². The Morgan fingerprint density at radius 3 is 2.07 bits per heavy atom. The van der Waals surface area contributed by atoms with E-state index in [9.17, 15) is 21.6 Å². The number of nitrogens with zero attached hydrogens (tertiary/aromatic N) is 1. The summed E-state index contributed by atoms with van der Waals surface area (Å²) in [5, 5.41) is 2.60. The van der Waals surface area contributed by atoms with Crippen molar-refractivity contribution in [2.24, 2.45) is 0 Å². The van der Waals surface area contributed by atoms with Gasteiger partial charge < -0.3 is 5.32 Å². The number of anilines is 1. The fraction of sp³-hybridized carbons (Fsp3) is 0.316. The molecule has 1 heterocycles. The smallest absolute Gasteiger partial charge is 0.243 e. The first-order valence-corrected chi connectivity index (χ1v) is 12.1. The summed E-state index contributed by atoms with van der Waals surface area (Å²) in [4.78, 5) is 12.4. The quantitative estimate of drug-likeness (QED) is 0.738. The van der Waals surface area contributed by atoms with Crippen LogP contribution in [0.2, 0.25) is 0 Å². The highest BCUT2D eigenvalue weighted by Gasteiger charge is 2.27. The third kappa shape index (κ3) is 4.78. The first kappa shape index (κ1) is 20.5. The van der Waals surface area contributed by atoms with Crippen LogP contribution in [0.1, 0.15) is 19.3 Å². The van der Waals surface area contributed by atoms with Crippen molar-refractivity contribution < 1.29 is 21.6 Å². The first-order chi connectivity index (χ1) is 13.3. The maximum atomic E-state index is 12.5. The molecule has 0 radical (unpaired) electrons. The van der Waals surface area contributed by atoms with Crippen LogP contribution in [-0.2, 0) is 24.7 Å². The Labute approximate surface area is 165 Å². The standard InChI is InChI=1S/C19H22N2O5S2/c22-19(12-15-27(23,24)17-6-2-1-3-7-17)20-16-8-10-18(11-9-16)28(25,26)21-13-4-5-14-21/h1-3,6-11H,4-5,12-15H2,(H,20,22). The Bertz CT molecular complexity index is 1030. The minimum Gasteiger partial charge on any atom is -0.326 e. The van der Waals surface area contributed by atoms with Crippen LogP contribution in [0.15, 0.2) is 64.4 Å². The minimum atomic E-state index is -3.53. The number of sulfone groups is 1. The Morgan fingerprint density at radius 2 is 1.46 bits per heavy atom. The molecule has 1 aliphatic rings. The van der Waals surface area contributed by atoms with Crippen LogP contribution >= 0.6 is 0 Å². The number of amides is 1. The summed E-state index contributed by atoms with van der Waals surface area (Å²) >= 11 is 0. The zero-order valence-electron chi connectivity index (χ0n) is 15.2. The average molecular weight is 423 g/mol. The molecule has 2 aromatic rings. The fourth-order valence-corrected chi connectivity index (χ4v) is 5.76. The summed E-state index contributed by atoms with van der Waals surface area (Å²) in [5.74, 6) is -0.751. The van der Waals surface area contributed by atoms with E-state index in [0.717, 1.165) is 12.8 Å². The van der Waals surface area contributed by atoms with Gasteiger partial charge in [0.05, 0.1) is 15.5 Å². The SMILES string of the molecule is O=C(CCS(=O)(=O)c1ccccc1)Nc1ccc(S(=O)(=O)N2CCCC2)cc1. The third-order valence-corrected chi connectivity index (χ3v) is 8.19. The van der Waals surface area contributed by atoms with Gasteiger partial charge in [-0.2, -0.15) is 4.31 Å². The largest absolute Gasteiger partial charge is 0.326 e. The lowest BCUT2D eigenvalue weighted by atomic mass is 10.3. The van der Waals surface area contributed by atoms with Crippen molar-refractivity contribution in [3.05, 3.63) is 54.6 Å². The number of carbonyl (C=O) groups is 1. The van der Waals surface area contributed by atoms with Gasteiger partial charge in [-0.1, -0.05) is 18.2 Å². The number of carbonyl (C=O) groups excluding carboxylic acids is 1. The van der Waals surface area contributed by atoms with Crippen LogP contribution < -0.4 is 5.32 Å². The molecule has 0 spiro atoms. The van der Waals surface area contributed by atoms with Gasteiger partial charge in [0.25, 0.3) is 0 Å². The molecular formula is C19H22N2O5S2. The number of hydrogen-bond acceptors (Lipinski definition) is 5. The number of sulfonamides is 1. The molecule has 150 valence electrons. The topological polar surface area (TPSA) is 101 Å². The second kappa shape index (κ2) is 8.42. The summed E-state index contributed by atoms with van der Waals surface area (Å²) in [7, 11) is -7.03. The van der Waals surface area contributed by atoms with Gasteiger partial charge in [-0.25, -0.2) is 16.8 Å². The molecule has 7 nitrogen and oxygen atoms in total. The van der Waals surface area contributed by atoms with Gasteiger partial charge in [0.1, 0.15) is 0 Å². The highest BCUT2D eigenvalue weighted by atomic mass is 32.2. The minimum absolute atomic E-state index is 0.180. The molecule has 9 heteroatoms. The van der Waals surface area contributed by atoms with Crippen LogP contribution in [-0.4, -0.2) is 45.9 Å². The molecule has 2 aromatic carbocycles. The maximum Gasteiger partial charge on any atom is 0.243 e. The van der Waals surface area contributed by atoms with Crippen molar-refractivity contribution in [1.29, 1.82) is 0 Å². The summed E-state index contributed by atoms with van der Waals surface area (Å²) in [6, 6.07) is 13.9. The van der Waals surface area contributed by atoms with E-state index in [1.165, 1.54) is 40.7 Å². The Kier molecular flexibility index (Phi) is 6.17. The first-order valence-electron chi connectivity index (χ1n) is 8.97. The molecule has 1 saturated heterocycles. The number of hydrogen-bond donors (Lipinski definition) is 1. The monoisotopic (exact) mass is 422 g/mol. The maximum absolute atomic E-state index is 12.5. The summed E-state index contributed by atoms with van der Waals surface area (Å²) in [6.07, 6.45) is 1.53. The Hall–Kier alpha value is -2.23. The lowest BCUT2D eigenvalue weighted by molar-refractivity contribution is -0.115. The van der Waals surface area contributed by atoms with Crippen molar-refractivity contribution in [2.45, 2.75) is 29.1 Å². The molecule has 3 rings (SSSR count). The van der Waals surface area contributed by atoms with E-state index in [-0.39, 0.29) is 22.0 Å². The lowest BCUT2D eigenvalue weighted by Crippen LogP contribution is -2.27. The van der Waals surface area contributed by atoms with E-state index in [1.807, 2.05) is 0 Å². The van der Waals surface area contributed by atoms with Crippen molar-refractivity contribution in [3.63, 3.8) is 0 Å². The van der Waals surface area contributed by atoms with E-state index in [4.69, 9.17) is 0 Å². The van der Waals surface area contributed by atoms with Crippen molar-refractivity contribution >= 4 is 31.5 Å². The molecule has 0 atom stereocenters. The second-order valence-electron chi connectivity index (χ2n) is 6.57. The zero-order valence-corrected chi connectivity index (χ0v) is 16.9. The highest BCUT2D eigenvalue weighted by molar-refractivity contribution is 7.91. The van der Waals surface area contributed by atoms with Crippen LogP contribution in [0.3, 0.4) is 0 Å². The molecule has 0 unspecified atom stereocenters. The molecule has 1 fully saturated rings. The van der Waals surface area contributed by atoms with Crippen molar-refractivity contribution in [1.82, 2.24) is 4.31 Å². The van der Waals surface area contributed by atoms with E-state index in [2.05, 4.69) is 5.32 Å². The number of benzene rings is 2. The van der Waals surface area contributed by atoms with Crippen LogP contribution in [0, 0.1) is 0 Å². The predicted molar refractivity (Wildman–Crippen MR) is 106 cm³/mol. The normalized spacial score (nSPS) is 15.4. The van der Waals surface area contributed by atoms with Gasteiger partial charge in [0, 0.05) is 25.2 Å². The highest BCUT2D eigenvalue weighted by Crippen LogP contribution is 2.22. The van der Waals surface area contributed by atoms with Crippen LogP contribution in [0.4, 0.5) is 5.69 Å². The summed E-state index contributed by atoms with van der Waals surface area (Å²) in [6.45, 7) is 1.05. The van der Waals surface area contributed by atoms with Gasteiger partial charge in [-0.15, -0.1) is 0 Å². The predicted octanol–water partition coefficient (Wildman–Crippen LogP) is 2.27. The third-order valence-electron chi connectivity index (χ3n) is 4.54. The van der Waals surface area contributed by atoms with Crippen molar-refractivity contribution in [2.75, 3.05) is 24.2 Å². The molecular weight excluding hydrogens is 400 g/mol. The van der Waals surface area contributed by atoms with E-state index in [1.54, 1.807) is 18.2 Å². The average Bonchev–Trinajstić information content (AvgIpc) is 3.23. The van der Waals surface area contributed by atoms with Crippen LogP contribution in [0.5, 0.6) is 0 Å².